The zero-order valence-electron chi connectivity index (χ0n) is 22.6. The predicted molar refractivity (Wildman–Crippen MR) is 156 cm³/mol. The van der Waals surface area contributed by atoms with E-state index in [1.54, 1.807) is 38.3 Å². The van der Waals surface area contributed by atoms with Gasteiger partial charge in [-0.1, -0.05) is 54.1 Å². The predicted octanol–water partition coefficient (Wildman–Crippen LogP) is 3.59. The van der Waals surface area contributed by atoms with Gasteiger partial charge in [0.05, 0.1) is 12.7 Å². The van der Waals surface area contributed by atoms with Crippen LogP contribution in [0.1, 0.15) is 47.3 Å². The summed E-state index contributed by atoms with van der Waals surface area (Å²) in [4.78, 5) is 21.3. The average molecular weight is 587 g/mol. The topological polar surface area (TPSA) is 134 Å². The molecule has 0 saturated heterocycles. The van der Waals surface area contributed by atoms with Crippen molar-refractivity contribution >= 4 is 33.7 Å². The number of nitrogens with one attached hydrogen (secondary N) is 4. The molecule has 1 aliphatic rings. The highest BCUT2D eigenvalue weighted by molar-refractivity contribution is 7.87. The molecule has 0 spiro atoms. The summed E-state index contributed by atoms with van der Waals surface area (Å²) in [5.41, 5.74) is 2.01. The van der Waals surface area contributed by atoms with E-state index in [4.69, 9.17) is 16.3 Å². The van der Waals surface area contributed by atoms with Gasteiger partial charge in [-0.2, -0.15) is 13.1 Å². The first-order chi connectivity index (χ1) is 19.2. The number of nitrogens with zero attached hydrogens (tertiary/aromatic N) is 2. The fraction of sp³-hybridized carbons (Fsp3) is 0.393. The van der Waals surface area contributed by atoms with E-state index < -0.39 is 10.2 Å². The molecule has 4 rings (SSSR count). The van der Waals surface area contributed by atoms with Crippen molar-refractivity contribution in [1.82, 2.24) is 24.7 Å². The number of ether oxygens (including phenoxy) is 1. The Kier molecular flexibility index (Phi) is 9.96. The highest BCUT2D eigenvalue weighted by atomic mass is 35.5. The summed E-state index contributed by atoms with van der Waals surface area (Å²) in [6, 6.07) is 18.6. The zero-order chi connectivity index (χ0) is 28.6. The Balaban J connectivity index is 1.33. The Labute approximate surface area is 240 Å². The van der Waals surface area contributed by atoms with Crippen molar-refractivity contribution in [2.75, 3.05) is 32.1 Å². The maximum absolute atomic E-state index is 13.0. The van der Waals surface area contributed by atoms with Gasteiger partial charge >= 0.3 is 0 Å². The van der Waals surface area contributed by atoms with Crippen molar-refractivity contribution in [1.29, 1.82) is 0 Å². The average Bonchev–Trinajstić information content (AvgIpc) is 2.95. The number of halogens is 1. The highest BCUT2D eigenvalue weighted by Gasteiger charge is 2.38. The minimum atomic E-state index is -3.71. The highest BCUT2D eigenvalue weighted by Crippen LogP contribution is 2.39. The molecule has 0 unspecified atom stereocenters. The van der Waals surface area contributed by atoms with Crippen molar-refractivity contribution in [2.45, 2.75) is 44.1 Å². The van der Waals surface area contributed by atoms with Gasteiger partial charge in [-0.25, -0.2) is 14.7 Å². The molecule has 0 bridgehead atoms. The largest absolute Gasteiger partial charge is 0.496 e. The van der Waals surface area contributed by atoms with E-state index in [9.17, 15) is 13.2 Å². The standard InChI is InChI=1S/C28H35ClN6O4S/c1-20-18-25(29)34-27(33-20)30-16-17-32-40(37,38)35-22-12-14-28(15-13-22,21-8-4-3-5-9-21)19-31-26(36)23-10-6-7-11-24(23)39-2/h3-11,18,22,32,35H,12-17,19H2,1-2H3,(H,31,36)(H,30,33,34). The Morgan fingerprint density at radius 1 is 1.05 bits per heavy atom. The van der Waals surface area contributed by atoms with E-state index in [1.165, 1.54) is 0 Å². The number of carbonyl (C=O) groups excluding carboxylic acids is 1. The fourth-order valence-corrected chi connectivity index (χ4v) is 6.42. The van der Waals surface area contributed by atoms with Crippen molar-refractivity contribution < 1.29 is 17.9 Å². The first-order valence-corrected chi connectivity index (χ1v) is 15.0. The summed E-state index contributed by atoms with van der Waals surface area (Å²) < 4.78 is 36.1. The molecule has 214 valence electrons. The summed E-state index contributed by atoms with van der Waals surface area (Å²) >= 11 is 5.94. The molecule has 2 aromatic carbocycles. The Morgan fingerprint density at radius 2 is 1.75 bits per heavy atom. The molecule has 10 nitrogen and oxygen atoms in total. The van der Waals surface area contributed by atoms with Crippen LogP contribution in [0.3, 0.4) is 0 Å². The van der Waals surface area contributed by atoms with Gasteiger partial charge in [0.15, 0.2) is 0 Å². The second-order valence-electron chi connectivity index (χ2n) is 9.90. The summed E-state index contributed by atoms with van der Waals surface area (Å²) in [6.45, 7) is 2.69. The third-order valence-corrected chi connectivity index (χ3v) is 8.53. The van der Waals surface area contributed by atoms with E-state index >= 15 is 0 Å². The summed E-state index contributed by atoms with van der Waals surface area (Å²) in [6.07, 6.45) is 2.69. The first-order valence-electron chi connectivity index (χ1n) is 13.2. The molecule has 0 atom stereocenters. The van der Waals surface area contributed by atoms with Crippen LogP contribution in [0.15, 0.2) is 60.7 Å². The Morgan fingerprint density at radius 3 is 2.45 bits per heavy atom. The first kappa shape index (κ1) is 29.7. The quantitative estimate of drug-likeness (QED) is 0.188. The van der Waals surface area contributed by atoms with E-state index in [0.29, 0.717) is 66.9 Å². The molecule has 1 saturated carbocycles. The maximum Gasteiger partial charge on any atom is 0.277 e. The normalized spacial score (nSPS) is 19.1. The van der Waals surface area contributed by atoms with Crippen LogP contribution < -0.4 is 24.8 Å². The van der Waals surface area contributed by atoms with Gasteiger partial charge in [-0.3, -0.25) is 4.79 Å². The lowest BCUT2D eigenvalue weighted by atomic mass is 9.68. The molecule has 40 heavy (non-hydrogen) atoms. The number of hydrogen-bond donors (Lipinski definition) is 4. The Bertz CT molecular complexity index is 1380. The number of aromatic nitrogens is 2. The van der Waals surface area contributed by atoms with Gasteiger partial charge in [0.2, 0.25) is 5.95 Å². The monoisotopic (exact) mass is 586 g/mol. The number of carbonyl (C=O) groups is 1. The van der Waals surface area contributed by atoms with Crippen LogP contribution in [-0.2, 0) is 15.6 Å². The molecule has 3 aromatic rings. The number of aryl methyl sites for hydroxylation is 1. The number of rotatable bonds is 12. The molecule has 1 amide bonds. The molecular weight excluding hydrogens is 552 g/mol. The number of methoxy groups -OCH3 is 1. The van der Waals surface area contributed by atoms with Crippen LogP contribution in [0.4, 0.5) is 5.95 Å². The molecule has 1 heterocycles. The van der Waals surface area contributed by atoms with Gasteiger partial charge in [0.1, 0.15) is 10.9 Å². The lowest BCUT2D eigenvalue weighted by Crippen LogP contribution is -2.49. The van der Waals surface area contributed by atoms with Crippen molar-refractivity contribution in [3.8, 4) is 5.75 Å². The minimum Gasteiger partial charge on any atom is -0.496 e. The number of amides is 1. The molecule has 1 aromatic heterocycles. The third kappa shape index (κ3) is 7.91. The summed E-state index contributed by atoms with van der Waals surface area (Å²) in [5, 5.41) is 6.39. The molecule has 4 N–H and O–H groups in total. The number of para-hydroxylation sites is 1. The molecule has 0 radical (unpaired) electrons. The van der Waals surface area contributed by atoms with Gasteiger partial charge in [-0.05, 0) is 56.4 Å². The van der Waals surface area contributed by atoms with Crippen LogP contribution in [0.5, 0.6) is 5.75 Å². The zero-order valence-corrected chi connectivity index (χ0v) is 24.2. The maximum atomic E-state index is 13.0. The SMILES string of the molecule is COc1ccccc1C(=O)NCC1(c2ccccc2)CCC(NS(=O)(=O)NCCNc2nc(C)cc(Cl)n2)CC1. The lowest BCUT2D eigenvalue weighted by Gasteiger charge is -2.41. The second kappa shape index (κ2) is 13.4. The van der Waals surface area contributed by atoms with Crippen LogP contribution in [0, 0.1) is 6.92 Å². The van der Waals surface area contributed by atoms with E-state index in [-0.39, 0.29) is 23.9 Å². The van der Waals surface area contributed by atoms with Gasteiger partial charge in [0.25, 0.3) is 16.1 Å². The van der Waals surface area contributed by atoms with Crippen molar-refractivity contribution in [3.05, 3.63) is 82.6 Å². The Hall–Kier alpha value is -3.25. The molecule has 1 aliphatic carbocycles. The van der Waals surface area contributed by atoms with Gasteiger partial charge in [-0.15, -0.1) is 0 Å². The molecular formula is C28H35ClN6O4S. The summed E-state index contributed by atoms with van der Waals surface area (Å²) in [7, 11) is -2.17. The number of benzene rings is 2. The third-order valence-electron chi connectivity index (χ3n) is 7.11. The lowest BCUT2D eigenvalue weighted by molar-refractivity contribution is 0.0932. The van der Waals surface area contributed by atoms with Gasteiger partial charge in [0, 0.05) is 36.8 Å². The summed E-state index contributed by atoms with van der Waals surface area (Å²) in [5.74, 6) is 0.663. The second-order valence-corrected chi connectivity index (χ2v) is 11.8. The van der Waals surface area contributed by atoms with E-state index in [1.807, 2.05) is 24.3 Å². The number of anilines is 1. The molecule has 12 heteroatoms. The van der Waals surface area contributed by atoms with Crippen LogP contribution >= 0.6 is 11.6 Å². The van der Waals surface area contributed by atoms with Crippen LogP contribution in [0.25, 0.3) is 0 Å². The number of hydrogen-bond acceptors (Lipinski definition) is 7. The molecule has 0 aliphatic heterocycles. The van der Waals surface area contributed by atoms with Crippen LogP contribution in [-0.4, -0.2) is 57.1 Å². The smallest absolute Gasteiger partial charge is 0.277 e. The van der Waals surface area contributed by atoms with Crippen molar-refractivity contribution in [3.63, 3.8) is 0 Å². The van der Waals surface area contributed by atoms with Crippen molar-refractivity contribution in [2.24, 2.45) is 0 Å². The minimum absolute atomic E-state index is 0.153. The van der Waals surface area contributed by atoms with E-state index in [0.717, 1.165) is 5.56 Å². The fourth-order valence-electron chi connectivity index (χ4n) is 5.05. The van der Waals surface area contributed by atoms with Crippen LogP contribution in [0.2, 0.25) is 5.15 Å². The van der Waals surface area contributed by atoms with E-state index in [2.05, 4.69) is 42.2 Å². The molecule has 1 fully saturated rings. The van der Waals surface area contributed by atoms with Gasteiger partial charge < -0.3 is 15.4 Å².